The largest absolute Gasteiger partial charge is 0.442 e. The lowest BCUT2D eigenvalue weighted by Crippen LogP contribution is -2.15. The molecule has 0 bridgehead atoms. The summed E-state index contributed by atoms with van der Waals surface area (Å²) in [6.07, 6.45) is 4.26. The van der Waals surface area contributed by atoms with E-state index in [4.69, 9.17) is 13.9 Å². The Kier molecular flexibility index (Phi) is 4.33. The first-order valence-corrected chi connectivity index (χ1v) is 5.62. The van der Waals surface area contributed by atoms with Crippen LogP contribution in [0.3, 0.4) is 0 Å². The second kappa shape index (κ2) is 5.98. The van der Waals surface area contributed by atoms with Crippen LogP contribution in [0, 0.1) is 0 Å². The molecule has 16 heavy (non-hydrogen) atoms. The first-order chi connectivity index (χ1) is 7.88. The molecule has 1 aliphatic rings. The van der Waals surface area contributed by atoms with Crippen LogP contribution in [0.25, 0.3) is 0 Å². The third kappa shape index (κ3) is 3.92. The zero-order valence-electron chi connectivity index (χ0n) is 9.57. The van der Waals surface area contributed by atoms with Gasteiger partial charge >= 0.3 is 0 Å². The summed E-state index contributed by atoms with van der Waals surface area (Å²) in [4.78, 5) is 4.17. The SMILES string of the molecule is COCCOCc1cnc(CNC2CC2)o1. The zero-order valence-corrected chi connectivity index (χ0v) is 9.57. The van der Waals surface area contributed by atoms with Crippen molar-refractivity contribution in [2.45, 2.75) is 32.0 Å². The Morgan fingerprint density at radius 2 is 2.38 bits per heavy atom. The molecule has 5 nitrogen and oxygen atoms in total. The van der Waals surface area contributed by atoms with E-state index in [1.54, 1.807) is 13.3 Å². The number of nitrogens with one attached hydrogen (secondary N) is 1. The van der Waals surface area contributed by atoms with Gasteiger partial charge in [-0.2, -0.15) is 0 Å². The highest BCUT2D eigenvalue weighted by atomic mass is 16.5. The van der Waals surface area contributed by atoms with Crippen LogP contribution in [-0.2, 0) is 22.6 Å². The predicted octanol–water partition coefficient (Wildman–Crippen LogP) is 1.09. The first kappa shape index (κ1) is 11.6. The summed E-state index contributed by atoms with van der Waals surface area (Å²) in [6.45, 7) is 2.35. The molecule has 0 spiro atoms. The molecule has 0 unspecified atom stereocenters. The number of rotatable bonds is 8. The van der Waals surface area contributed by atoms with E-state index >= 15 is 0 Å². The predicted molar refractivity (Wildman–Crippen MR) is 57.9 cm³/mol. The molecule has 1 aromatic rings. The Labute approximate surface area is 95.1 Å². The maximum absolute atomic E-state index is 5.50. The van der Waals surface area contributed by atoms with Gasteiger partial charge in [0.15, 0.2) is 0 Å². The van der Waals surface area contributed by atoms with Crippen molar-refractivity contribution in [3.8, 4) is 0 Å². The highest BCUT2D eigenvalue weighted by Crippen LogP contribution is 2.19. The fraction of sp³-hybridized carbons (Fsp3) is 0.727. The number of hydrogen-bond acceptors (Lipinski definition) is 5. The van der Waals surface area contributed by atoms with Crippen LogP contribution in [-0.4, -0.2) is 31.3 Å². The Morgan fingerprint density at radius 1 is 1.50 bits per heavy atom. The molecule has 0 amide bonds. The minimum absolute atomic E-state index is 0.458. The summed E-state index contributed by atoms with van der Waals surface area (Å²) in [6, 6.07) is 0.674. The normalized spacial score (nSPS) is 15.6. The monoisotopic (exact) mass is 226 g/mol. The Morgan fingerprint density at radius 3 is 3.12 bits per heavy atom. The Bertz CT molecular complexity index is 310. The van der Waals surface area contributed by atoms with Gasteiger partial charge in [0.1, 0.15) is 12.4 Å². The van der Waals surface area contributed by atoms with Gasteiger partial charge < -0.3 is 19.2 Å². The summed E-state index contributed by atoms with van der Waals surface area (Å²) in [7, 11) is 1.65. The standard InChI is InChI=1S/C11H18N2O3/c1-14-4-5-15-8-10-6-13-11(16-10)7-12-9-2-3-9/h6,9,12H,2-5,7-8H2,1H3. The fourth-order valence-electron chi connectivity index (χ4n) is 1.33. The van der Waals surface area contributed by atoms with Gasteiger partial charge in [-0.05, 0) is 12.8 Å². The van der Waals surface area contributed by atoms with Gasteiger partial charge in [-0.3, -0.25) is 0 Å². The minimum Gasteiger partial charge on any atom is -0.442 e. The third-order valence-corrected chi connectivity index (χ3v) is 2.40. The number of aromatic nitrogens is 1. The molecule has 0 atom stereocenters. The lowest BCUT2D eigenvalue weighted by Gasteiger charge is -2.00. The van der Waals surface area contributed by atoms with Crippen LogP contribution < -0.4 is 5.32 Å². The second-order valence-corrected chi connectivity index (χ2v) is 3.92. The highest BCUT2D eigenvalue weighted by Gasteiger charge is 2.20. The maximum atomic E-state index is 5.50. The molecule has 1 heterocycles. The molecule has 1 N–H and O–H groups in total. The van der Waals surface area contributed by atoms with Crippen molar-refractivity contribution >= 4 is 0 Å². The van der Waals surface area contributed by atoms with Crippen molar-refractivity contribution in [1.29, 1.82) is 0 Å². The molecular formula is C11H18N2O3. The van der Waals surface area contributed by atoms with E-state index in [0.29, 0.717) is 32.4 Å². The topological polar surface area (TPSA) is 56.5 Å². The number of methoxy groups -OCH3 is 1. The summed E-state index contributed by atoms with van der Waals surface area (Å²) < 4.78 is 15.7. The van der Waals surface area contributed by atoms with Crippen LogP contribution in [0.1, 0.15) is 24.5 Å². The van der Waals surface area contributed by atoms with Gasteiger partial charge in [0, 0.05) is 13.2 Å². The van der Waals surface area contributed by atoms with Gasteiger partial charge in [0.05, 0.1) is 26.0 Å². The quantitative estimate of drug-likeness (QED) is 0.672. The average molecular weight is 226 g/mol. The molecule has 1 fully saturated rings. The Balaban J connectivity index is 1.64. The van der Waals surface area contributed by atoms with Crippen molar-refractivity contribution in [3.63, 3.8) is 0 Å². The van der Waals surface area contributed by atoms with Crippen molar-refractivity contribution in [2.75, 3.05) is 20.3 Å². The summed E-state index contributed by atoms with van der Waals surface area (Å²) >= 11 is 0. The van der Waals surface area contributed by atoms with E-state index in [2.05, 4.69) is 10.3 Å². The van der Waals surface area contributed by atoms with Crippen molar-refractivity contribution in [2.24, 2.45) is 0 Å². The number of oxazole rings is 1. The van der Waals surface area contributed by atoms with Crippen molar-refractivity contribution in [1.82, 2.24) is 10.3 Å². The summed E-state index contributed by atoms with van der Waals surface area (Å²) in [5.41, 5.74) is 0. The molecule has 1 aliphatic carbocycles. The van der Waals surface area contributed by atoms with Crippen molar-refractivity contribution < 1.29 is 13.9 Å². The molecule has 5 heteroatoms. The van der Waals surface area contributed by atoms with Crippen LogP contribution in [0.2, 0.25) is 0 Å². The van der Waals surface area contributed by atoms with Crippen LogP contribution in [0.15, 0.2) is 10.6 Å². The van der Waals surface area contributed by atoms with Crippen molar-refractivity contribution in [3.05, 3.63) is 17.8 Å². The van der Waals surface area contributed by atoms with E-state index in [0.717, 1.165) is 11.7 Å². The molecule has 90 valence electrons. The number of ether oxygens (including phenoxy) is 2. The third-order valence-electron chi connectivity index (χ3n) is 2.40. The molecule has 0 radical (unpaired) electrons. The maximum Gasteiger partial charge on any atom is 0.208 e. The molecule has 2 rings (SSSR count). The molecular weight excluding hydrogens is 208 g/mol. The van der Waals surface area contributed by atoms with E-state index in [1.807, 2.05) is 0 Å². The minimum atomic E-state index is 0.458. The lowest BCUT2D eigenvalue weighted by atomic mass is 10.5. The lowest BCUT2D eigenvalue weighted by molar-refractivity contribution is 0.0533. The molecule has 0 aliphatic heterocycles. The van der Waals surface area contributed by atoms with Gasteiger partial charge in [-0.25, -0.2) is 4.98 Å². The van der Waals surface area contributed by atoms with Crippen LogP contribution in [0.4, 0.5) is 0 Å². The van der Waals surface area contributed by atoms with E-state index in [9.17, 15) is 0 Å². The summed E-state index contributed by atoms with van der Waals surface area (Å²) in [5, 5.41) is 3.35. The number of nitrogens with zero attached hydrogens (tertiary/aromatic N) is 1. The zero-order chi connectivity index (χ0) is 11.2. The van der Waals surface area contributed by atoms with Gasteiger partial charge in [-0.15, -0.1) is 0 Å². The Hall–Kier alpha value is -0.910. The molecule has 1 aromatic heterocycles. The average Bonchev–Trinajstić information content (AvgIpc) is 3.02. The van der Waals surface area contributed by atoms with E-state index in [-0.39, 0.29) is 0 Å². The van der Waals surface area contributed by atoms with Crippen LogP contribution >= 0.6 is 0 Å². The van der Waals surface area contributed by atoms with Gasteiger partial charge in [0.25, 0.3) is 0 Å². The smallest absolute Gasteiger partial charge is 0.208 e. The molecule has 0 aromatic carbocycles. The van der Waals surface area contributed by atoms with Crippen LogP contribution in [0.5, 0.6) is 0 Å². The highest BCUT2D eigenvalue weighted by molar-refractivity contribution is 4.93. The summed E-state index contributed by atoms with van der Waals surface area (Å²) in [5.74, 6) is 1.50. The van der Waals surface area contributed by atoms with Gasteiger partial charge in [0.2, 0.25) is 5.89 Å². The second-order valence-electron chi connectivity index (χ2n) is 3.92. The first-order valence-electron chi connectivity index (χ1n) is 5.62. The number of hydrogen-bond donors (Lipinski definition) is 1. The van der Waals surface area contributed by atoms with E-state index in [1.165, 1.54) is 12.8 Å². The van der Waals surface area contributed by atoms with E-state index < -0.39 is 0 Å². The van der Waals surface area contributed by atoms with Gasteiger partial charge in [-0.1, -0.05) is 0 Å². The molecule has 1 saturated carbocycles. The fourth-order valence-corrected chi connectivity index (χ4v) is 1.33. The molecule has 0 saturated heterocycles.